The van der Waals surface area contributed by atoms with Gasteiger partial charge in [-0.15, -0.1) is 6.58 Å². The Morgan fingerprint density at radius 2 is 1.61 bits per heavy atom. The standard InChI is InChI=1S/C16H34NO/c1-5-7-8-9-10-11-12-13-14-17(3,4)15-16(18)6-2/h5,16,18H,1,6-15H2,2-4H3/q+1. The Morgan fingerprint density at radius 3 is 2.17 bits per heavy atom. The van der Waals surface area contributed by atoms with Crippen LogP contribution in [0, 0.1) is 0 Å². The molecule has 1 N–H and O–H groups in total. The number of nitrogens with zero attached hydrogens (tertiary/aromatic N) is 1. The summed E-state index contributed by atoms with van der Waals surface area (Å²) in [6.45, 7) is 7.86. The van der Waals surface area contributed by atoms with Crippen molar-refractivity contribution in [3.8, 4) is 0 Å². The number of likely N-dealkylation sites (N-methyl/N-ethyl adjacent to an activating group) is 1. The molecule has 0 aromatic rings. The zero-order valence-electron chi connectivity index (χ0n) is 12.8. The van der Waals surface area contributed by atoms with Gasteiger partial charge >= 0.3 is 0 Å². The maximum atomic E-state index is 9.69. The van der Waals surface area contributed by atoms with Crippen LogP contribution in [0.2, 0.25) is 0 Å². The number of unbranched alkanes of at least 4 members (excludes halogenated alkanes) is 6. The molecule has 1 unspecified atom stereocenters. The molecule has 0 saturated heterocycles. The predicted octanol–water partition coefficient (Wildman–Crippen LogP) is 3.75. The highest BCUT2D eigenvalue weighted by Crippen LogP contribution is 2.10. The molecular formula is C16H34NO+. The van der Waals surface area contributed by atoms with Crippen molar-refractivity contribution < 1.29 is 9.59 Å². The molecule has 0 radical (unpaired) electrons. The number of quaternary nitrogens is 1. The molecular weight excluding hydrogens is 222 g/mol. The molecule has 0 rings (SSSR count). The Labute approximate surface area is 114 Å². The fraction of sp³-hybridized carbons (Fsp3) is 0.875. The van der Waals surface area contributed by atoms with Gasteiger partial charge in [0.15, 0.2) is 0 Å². The van der Waals surface area contributed by atoms with Crippen LogP contribution >= 0.6 is 0 Å². The van der Waals surface area contributed by atoms with Gasteiger partial charge in [0.25, 0.3) is 0 Å². The molecule has 18 heavy (non-hydrogen) atoms. The van der Waals surface area contributed by atoms with Gasteiger partial charge in [0.05, 0.1) is 20.6 Å². The summed E-state index contributed by atoms with van der Waals surface area (Å²) in [6.07, 6.45) is 11.9. The summed E-state index contributed by atoms with van der Waals surface area (Å²) in [5.74, 6) is 0. The van der Waals surface area contributed by atoms with Crippen molar-refractivity contribution in [2.24, 2.45) is 0 Å². The summed E-state index contributed by atoms with van der Waals surface area (Å²) < 4.78 is 0.950. The minimum absolute atomic E-state index is 0.140. The second-order valence-electron chi connectivity index (χ2n) is 6.10. The van der Waals surface area contributed by atoms with Crippen molar-refractivity contribution >= 4 is 0 Å². The number of allylic oxidation sites excluding steroid dienone is 1. The fourth-order valence-corrected chi connectivity index (χ4v) is 2.33. The number of hydrogen-bond acceptors (Lipinski definition) is 1. The van der Waals surface area contributed by atoms with Gasteiger partial charge in [-0.3, -0.25) is 0 Å². The molecule has 0 aliphatic rings. The third-order valence-corrected chi connectivity index (χ3v) is 3.60. The van der Waals surface area contributed by atoms with E-state index in [1.54, 1.807) is 0 Å². The third kappa shape index (κ3) is 10.8. The van der Waals surface area contributed by atoms with Crippen molar-refractivity contribution in [1.82, 2.24) is 0 Å². The molecule has 2 nitrogen and oxygen atoms in total. The molecule has 0 aliphatic carbocycles. The highest BCUT2D eigenvalue weighted by atomic mass is 16.3. The van der Waals surface area contributed by atoms with Crippen LogP contribution in [0.25, 0.3) is 0 Å². The molecule has 0 bridgehead atoms. The first kappa shape index (κ1) is 17.7. The second kappa shape index (κ2) is 10.6. The monoisotopic (exact) mass is 256 g/mol. The minimum Gasteiger partial charge on any atom is -0.387 e. The smallest absolute Gasteiger partial charge is 0.105 e. The Morgan fingerprint density at radius 1 is 1.06 bits per heavy atom. The van der Waals surface area contributed by atoms with Crippen LogP contribution in [0.4, 0.5) is 0 Å². The van der Waals surface area contributed by atoms with Gasteiger partial charge in [-0.25, -0.2) is 0 Å². The van der Waals surface area contributed by atoms with Gasteiger partial charge in [-0.05, 0) is 32.1 Å². The summed E-state index contributed by atoms with van der Waals surface area (Å²) in [5, 5.41) is 9.69. The second-order valence-corrected chi connectivity index (χ2v) is 6.10. The normalized spacial score (nSPS) is 13.6. The minimum atomic E-state index is -0.140. The maximum absolute atomic E-state index is 9.69. The predicted molar refractivity (Wildman–Crippen MR) is 80.7 cm³/mol. The SMILES string of the molecule is C=CCCCCCCCC[N+](C)(C)CC(O)CC. The Bertz CT molecular complexity index is 201. The lowest BCUT2D eigenvalue weighted by atomic mass is 10.1. The topological polar surface area (TPSA) is 20.2 Å². The molecule has 108 valence electrons. The van der Waals surface area contributed by atoms with E-state index in [4.69, 9.17) is 0 Å². The van der Waals surface area contributed by atoms with E-state index in [-0.39, 0.29) is 6.10 Å². The lowest BCUT2D eigenvalue weighted by molar-refractivity contribution is -0.893. The first-order valence-corrected chi connectivity index (χ1v) is 7.63. The Kier molecular flexibility index (Phi) is 10.4. The van der Waals surface area contributed by atoms with Crippen molar-refractivity contribution in [3.63, 3.8) is 0 Å². The Balaban J connectivity index is 3.43. The van der Waals surface area contributed by atoms with Crippen molar-refractivity contribution in [3.05, 3.63) is 12.7 Å². The molecule has 1 atom stereocenters. The van der Waals surface area contributed by atoms with Crippen LogP contribution in [0.5, 0.6) is 0 Å². The fourth-order valence-electron chi connectivity index (χ4n) is 2.33. The molecule has 0 spiro atoms. The van der Waals surface area contributed by atoms with Crippen LogP contribution in [0.3, 0.4) is 0 Å². The van der Waals surface area contributed by atoms with Gasteiger partial charge < -0.3 is 9.59 Å². The maximum Gasteiger partial charge on any atom is 0.105 e. The lowest BCUT2D eigenvalue weighted by Crippen LogP contribution is -2.45. The van der Waals surface area contributed by atoms with E-state index in [0.29, 0.717) is 0 Å². The first-order chi connectivity index (χ1) is 8.52. The van der Waals surface area contributed by atoms with Crippen molar-refractivity contribution in [1.29, 1.82) is 0 Å². The van der Waals surface area contributed by atoms with Crippen molar-refractivity contribution in [2.45, 2.75) is 64.4 Å². The average Bonchev–Trinajstić information content (AvgIpc) is 2.31. The van der Waals surface area contributed by atoms with Crippen LogP contribution in [-0.4, -0.2) is 42.9 Å². The molecule has 0 aromatic carbocycles. The third-order valence-electron chi connectivity index (χ3n) is 3.60. The summed E-state index contributed by atoms with van der Waals surface area (Å²) in [4.78, 5) is 0. The van der Waals surface area contributed by atoms with E-state index in [1.165, 1.54) is 51.5 Å². The largest absolute Gasteiger partial charge is 0.387 e. The van der Waals surface area contributed by atoms with Crippen LogP contribution in [-0.2, 0) is 0 Å². The van der Waals surface area contributed by atoms with Crippen LogP contribution in [0.15, 0.2) is 12.7 Å². The molecule has 0 fully saturated rings. The van der Waals surface area contributed by atoms with E-state index in [2.05, 4.69) is 20.7 Å². The summed E-state index contributed by atoms with van der Waals surface area (Å²) in [7, 11) is 4.45. The Hall–Kier alpha value is -0.340. The quantitative estimate of drug-likeness (QED) is 0.320. The van der Waals surface area contributed by atoms with Crippen molar-refractivity contribution in [2.75, 3.05) is 27.2 Å². The van der Waals surface area contributed by atoms with Gasteiger partial charge in [-0.2, -0.15) is 0 Å². The van der Waals surface area contributed by atoms with Gasteiger partial charge in [0.2, 0.25) is 0 Å². The number of hydrogen-bond donors (Lipinski definition) is 1. The molecule has 2 heteroatoms. The zero-order valence-corrected chi connectivity index (χ0v) is 12.8. The van der Waals surface area contributed by atoms with E-state index in [0.717, 1.165) is 17.4 Å². The van der Waals surface area contributed by atoms with Crippen LogP contribution < -0.4 is 0 Å². The van der Waals surface area contributed by atoms with E-state index >= 15 is 0 Å². The highest BCUT2D eigenvalue weighted by Gasteiger charge is 2.18. The number of aliphatic hydroxyl groups is 1. The van der Waals surface area contributed by atoms with E-state index < -0.39 is 0 Å². The molecule has 0 aromatic heterocycles. The number of rotatable bonds is 12. The summed E-state index contributed by atoms with van der Waals surface area (Å²) in [5.41, 5.74) is 0. The van der Waals surface area contributed by atoms with Gasteiger partial charge in [-0.1, -0.05) is 32.3 Å². The van der Waals surface area contributed by atoms with E-state index in [9.17, 15) is 5.11 Å². The molecule has 0 heterocycles. The first-order valence-electron chi connectivity index (χ1n) is 7.63. The van der Waals surface area contributed by atoms with Crippen LogP contribution in [0.1, 0.15) is 58.3 Å². The average molecular weight is 256 g/mol. The van der Waals surface area contributed by atoms with Gasteiger partial charge in [0.1, 0.15) is 12.6 Å². The lowest BCUT2D eigenvalue weighted by Gasteiger charge is -2.31. The molecule has 0 saturated carbocycles. The van der Waals surface area contributed by atoms with Gasteiger partial charge in [0, 0.05) is 0 Å². The van der Waals surface area contributed by atoms with E-state index in [1.807, 2.05) is 13.0 Å². The summed E-state index contributed by atoms with van der Waals surface area (Å²) in [6, 6.07) is 0. The zero-order chi connectivity index (χ0) is 13.9. The molecule has 0 aliphatic heterocycles. The number of aliphatic hydroxyl groups excluding tert-OH is 1. The molecule has 0 amide bonds. The summed E-state index contributed by atoms with van der Waals surface area (Å²) >= 11 is 0. The highest BCUT2D eigenvalue weighted by molar-refractivity contribution is 4.65.